The normalized spacial score (nSPS) is 10.7. The third-order valence-electron chi connectivity index (χ3n) is 3.65. The summed E-state index contributed by atoms with van der Waals surface area (Å²) in [7, 11) is 0. The van der Waals surface area contributed by atoms with Gasteiger partial charge in [0, 0.05) is 6.42 Å². The van der Waals surface area contributed by atoms with Crippen molar-refractivity contribution in [1.82, 2.24) is 0 Å². The van der Waals surface area contributed by atoms with E-state index >= 15 is 0 Å². The van der Waals surface area contributed by atoms with Gasteiger partial charge >= 0.3 is 5.97 Å². The monoisotopic (exact) mass is 298 g/mol. The molecule has 0 heterocycles. The van der Waals surface area contributed by atoms with E-state index in [1.165, 1.54) is 70.6 Å². The van der Waals surface area contributed by atoms with Crippen LogP contribution in [0.25, 0.3) is 0 Å². The number of hydrogen-bond acceptors (Lipinski definition) is 1. The van der Waals surface area contributed by atoms with Gasteiger partial charge in [0.25, 0.3) is 0 Å². The Labute approximate surface area is 133 Å². The highest BCUT2D eigenvalue weighted by molar-refractivity contribution is 5.66. The van der Waals surface area contributed by atoms with Crippen LogP contribution in [0.2, 0.25) is 0 Å². The van der Waals surface area contributed by atoms with Gasteiger partial charge < -0.3 is 5.11 Å². The van der Waals surface area contributed by atoms with Crippen LogP contribution in [0.1, 0.15) is 104 Å². The van der Waals surface area contributed by atoms with Crippen molar-refractivity contribution in [3.63, 3.8) is 0 Å². The molecular weight excluding hydrogens is 260 g/mol. The van der Waals surface area contributed by atoms with Crippen LogP contribution in [-0.4, -0.2) is 11.1 Å². The van der Waals surface area contributed by atoms with Gasteiger partial charge in [0.2, 0.25) is 0 Å². The quantitative estimate of drug-likeness (QED) is 0.268. The molecule has 1 N–H and O–H groups in total. The molecule has 0 rings (SSSR count). The topological polar surface area (TPSA) is 37.3 Å². The summed E-state index contributed by atoms with van der Waals surface area (Å²) in [5.41, 5.74) is 0. The first-order valence-electron chi connectivity index (χ1n) is 8.64. The molecule has 0 saturated heterocycles. The molecule has 2 heteroatoms. The summed E-state index contributed by atoms with van der Waals surface area (Å²) in [6, 6.07) is 0. The van der Waals surface area contributed by atoms with E-state index in [0.717, 1.165) is 12.8 Å². The van der Waals surface area contributed by atoms with Gasteiger partial charge in [-0.25, -0.2) is 0 Å². The Hall–Kier alpha value is -0.790. The molecular formula is C19H38O2. The first-order valence-corrected chi connectivity index (χ1v) is 8.64. The summed E-state index contributed by atoms with van der Waals surface area (Å²) in [6.07, 6.45) is 21.2. The Kier molecular flexibility index (Phi) is 20.6. The van der Waals surface area contributed by atoms with Crippen LogP contribution in [0.4, 0.5) is 0 Å². The molecule has 0 radical (unpaired) electrons. The standard InChI is InChI=1S/C18H34O2.CH4/c1-2-3-4-5-6-7-8-9-10-11-12-13-14-15-16-17-18(19)20;/h9-10H,2-8,11-17H2,1H3,(H,19,20);1H4/b10-9-;. The third-order valence-corrected chi connectivity index (χ3v) is 3.65. The molecule has 0 saturated carbocycles. The first-order chi connectivity index (χ1) is 9.77. The van der Waals surface area contributed by atoms with Crippen LogP contribution in [0, 0.1) is 0 Å². The third kappa shape index (κ3) is 21.7. The second-order valence-corrected chi connectivity index (χ2v) is 5.73. The van der Waals surface area contributed by atoms with Crippen LogP contribution >= 0.6 is 0 Å². The Balaban J connectivity index is 0. The van der Waals surface area contributed by atoms with Crippen LogP contribution in [0.3, 0.4) is 0 Å². The van der Waals surface area contributed by atoms with Gasteiger partial charge in [-0.2, -0.15) is 0 Å². The summed E-state index contributed by atoms with van der Waals surface area (Å²) in [6.45, 7) is 2.26. The maximum absolute atomic E-state index is 10.3. The fourth-order valence-electron chi connectivity index (χ4n) is 2.35. The van der Waals surface area contributed by atoms with Gasteiger partial charge in [-0.05, 0) is 32.1 Å². The zero-order valence-corrected chi connectivity index (χ0v) is 13.4. The average molecular weight is 299 g/mol. The number of carboxylic acid groups (broad SMARTS) is 1. The van der Waals surface area contributed by atoms with E-state index in [1.54, 1.807) is 0 Å². The largest absolute Gasteiger partial charge is 0.481 e. The van der Waals surface area contributed by atoms with Gasteiger partial charge in [-0.1, -0.05) is 77.9 Å². The second kappa shape index (κ2) is 19.2. The lowest BCUT2D eigenvalue weighted by molar-refractivity contribution is -0.137. The molecule has 0 fully saturated rings. The molecule has 0 aliphatic rings. The minimum Gasteiger partial charge on any atom is -0.481 e. The Morgan fingerprint density at radius 2 is 1.19 bits per heavy atom. The van der Waals surface area contributed by atoms with Crippen molar-refractivity contribution in [3.8, 4) is 0 Å². The van der Waals surface area contributed by atoms with Crippen molar-refractivity contribution in [2.24, 2.45) is 0 Å². The van der Waals surface area contributed by atoms with E-state index in [9.17, 15) is 4.79 Å². The maximum Gasteiger partial charge on any atom is 0.303 e. The Bertz CT molecular complexity index is 234. The predicted octanol–water partition coefficient (Wildman–Crippen LogP) is 6.74. The first kappa shape index (κ1) is 22.5. The van der Waals surface area contributed by atoms with Gasteiger partial charge in [0.05, 0.1) is 0 Å². The number of unbranched alkanes of at least 4 members (excludes halogenated alkanes) is 11. The highest BCUT2D eigenvalue weighted by Crippen LogP contribution is 2.09. The number of rotatable bonds is 15. The fourth-order valence-corrected chi connectivity index (χ4v) is 2.35. The number of carbonyl (C=O) groups is 1. The van der Waals surface area contributed by atoms with Crippen molar-refractivity contribution < 1.29 is 9.90 Å². The van der Waals surface area contributed by atoms with E-state index in [1.807, 2.05) is 0 Å². The van der Waals surface area contributed by atoms with E-state index in [2.05, 4.69) is 19.1 Å². The molecule has 0 unspecified atom stereocenters. The molecule has 0 aromatic carbocycles. The predicted molar refractivity (Wildman–Crippen MR) is 93.8 cm³/mol. The fraction of sp³-hybridized carbons (Fsp3) is 0.842. The molecule has 0 atom stereocenters. The van der Waals surface area contributed by atoms with Crippen molar-refractivity contribution >= 4 is 5.97 Å². The molecule has 0 aliphatic carbocycles. The van der Waals surface area contributed by atoms with E-state index < -0.39 is 5.97 Å². The molecule has 0 aromatic heterocycles. The molecule has 0 aliphatic heterocycles. The lowest BCUT2D eigenvalue weighted by Gasteiger charge is -1.99. The molecule has 0 spiro atoms. The SMILES string of the molecule is C.CCCCCCCC/C=C\CCCCCCCC(=O)O. The summed E-state index contributed by atoms with van der Waals surface area (Å²) in [5.74, 6) is -0.664. The number of hydrogen-bond donors (Lipinski definition) is 1. The Morgan fingerprint density at radius 1 is 0.762 bits per heavy atom. The van der Waals surface area contributed by atoms with Crippen LogP contribution in [0.5, 0.6) is 0 Å². The molecule has 21 heavy (non-hydrogen) atoms. The van der Waals surface area contributed by atoms with Gasteiger partial charge in [0.15, 0.2) is 0 Å². The van der Waals surface area contributed by atoms with Crippen molar-refractivity contribution in [3.05, 3.63) is 12.2 Å². The van der Waals surface area contributed by atoms with E-state index in [-0.39, 0.29) is 7.43 Å². The van der Waals surface area contributed by atoms with Gasteiger partial charge in [-0.15, -0.1) is 0 Å². The average Bonchev–Trinajstić information content (AvgIpc) is 2.43. The highest BCUT2D eigenvalue weighted by atomic mass is 16.4. The van der Waals surface area contributed by atoms with Gasteiger partial charge in [-0.3, -0.25) is 4.79 Å². The zero-order chi connectivity index (χ0) is 14.9. The lowest BCUT2D eigenvalue weighted by Crippen LogP contribution is -1.93. The second-order valence-electron chi connectivity index (χ2n) is 5.73. The molecule has 0 aromatic rings. The summed E-state index contributed by atoms with van der Waals surface area (Å²) >= 11 is 0. The number of carboxylic acids is 1. The molecule has 126 valence electrons. The number of allylic oxidation sites excluding steroid dienone is 2. The van der Waals surface area contributed by atoms with Gasteiger partial charge in [0.1, 0.15) is 0 Å². The number of aliphatic carboxylic acids is 1. The van der Waals surface area contributed by atoms with Crippen molar-refractivity contribution in [2.45, 2.75) is 104 Å². The maximum atomic E-state index is 10.3. The van der Waals surface area contributed by atoms with Crippen LogP contribution in [-0.2, 0) is 4.79 Å². The summed E-state index contributed by atoms with van der Waals surface area (Å²) in [4.78, 5) is 10.3. The van der Waals surface area contributed by atoms with E-state index in [0.29, 0.717) is 6.42 Å². The van der Waals surface area contributed by atoms with Crippen molar-refractivity contribution in [1.29, 1.82) is 0 Å². The van der Waals surface area contributed by atoms with Crippen LogP contribution in [0.15, 0.2) is 12.2 Å². The minimum absolute atomic E-state index is 0. The smallest absolute Gasteiger partial charge is 0.303 e. The molecule has 2 nitrogen and oxygen atoms in total. The minimum atomic E-state index is -0.664. The Morgan fingerprint density at radius 3 is 1.67 bits per heavy atom. The zero-order valence-electron chi connectivity index (χ0n) is 13.4. The van der Waals surface area contributed by atoms with Crippen LogP contribution < -0.4 is 0 Å². The highest BCUT2D eigenvalue weighted by Gasteiger charge is 1.95. The molecule has 0 bridgehead atoms. The summed E-state index contributed by atoms with van der Waals surface area (Å²) in [5, 5.41) is 8.51. The van der Waals surface area contributed by atoms with E-state index in [4.69, 9.17) is 5.11 Å². The molecule has 0 amide bonds. The summed E-state index contributed by atoms with van der Waals surface area (Å²) < 4.78 is 0. The van der Waals surface area contributed by atoms with Crippen molar-refractivity contribution in [2.75, 3.05) is 0 Å². The lowest BCUT2D eigenvalue weighted by atomic mass is 10.1.